The summed E-state index contributed by atoms with van der Waals surface area (Å²) in [4.78, 5) is 29.1. The number of sulfonamides is 1. The van der Waals surface area contributed by atoms with Crippen LogP contribution in [-0.4, -0.2) is 74.7 Å². The Morgan fingerprint density at radius 3 is 2.29 bits per heavy atom. The van der Waals surface area contributed by atoms with Gasteiger partial charge < -0.3 is 10.2 Å². The van der Waals surface area contributed by atoms with Crippen LogP contribution in [0.2, 0.25) is 0 Å². The Labute approximate surface area is 186 Å². The SMILES string of the molecule is CCN(CC)CCCNC(=O)[C@@H]1Cc2cc(S(=O)(=O)N(CC)CC)ccc2N1C(C)=O. The molecule has 1 aromatic carbocycles. The number of hydrogen-bond donors (Lipinski definition) is 1. The van der Waals surface area contributed by atoms with E-state index in [9.17, 15) is 18.0 Å². The summed E-state index contributed by atoms with van der Waals surface area (Å²) in [5.41, 5.74) is 1.31. The van der Waals surface area contributed by atoms with E-state index in [1.165, 1.54) is 22.2 Å². The van der Waals surface area contributed by atoms with Crippen LogP contribution in [0.15, 0.2) is 23.1 Å². The van der Waals surface area contributed by atoms with Crippen molar-refractivity contribution in [2.75, 3.05) is 44.2 Å². The van der Waals surface area contributed by atoms with E-state index in [2.05, 4.69) is 24.1 Å². The highest BCUT2D eigenvalue weighted by molar-refractivity contribution is 7.89. The molecule has 0 aromatic heterocycles. The van der Waals surface area contributed by atoms with Crippen LogP contribution in [0.4, 0.5) is 5.69 Å². The molecule has 0 aliphatic carbocycles. The van der Waals surface area contributed by atoms with Gasteiger partial charge in [0.1, 0.15) is 6.04 Å². The maximum atomic E-state index is 12.9. The minimum absolute atomic E-state index is 0.193. The Morgan fingerprint density at radius 2 is 1.74 bits per heavy atom. The largest absolute Gasteiger partial charge is 0.354 e. The van der Waals surface area contributed by atoms with Crippen LogP contribution in [0.1, 0.15) is 46.6 Å². The maximum absolute atomic E-state index is 12.9. The lowest BCUT2D eigenvalue weighted by Gasteiger charge is -2.24. The van der Waals surface area contributed by atoms with E-state index in [0.29, 0.717) is 37.3 Å². The average molecular weight is 453 g/mol. The Balaban J connectivity index is 2.16. The topological polar surface area (TPSA) is 90.0 Å². The van der Waals surface area contributed by atoms with Crippen LogP contribution in [-0.2, 0) is 26.0 Å². The van der Waals surface area contributed by atoms with Gasteiger partial charge >= 0.3 is 0 Å². The second-order valence-electron chi connectivity index (χ2n) is 7.66. The predicted octanol–water partition coefficient (Wildman–Crippen LogP) is 1.84. The molecular formula is C22H36N4O4S. The van der Waals surface area contributed by atoms with Gasteiger partial charge in [-0.2, -0.15) is 4.31 Å². The molecule has 0 bridgehead atoms. The second-order valence-corrected chi connectivity index (χ2v) is 9.60. The van der Waals surface area contributed by atoms with Crippen molar-refractivity contribution in [1.82, 2.24) is 14.5 Å². The molecule has 0 saturated heterocycles. The highest BCUT2D eigenvalue weighted by Gasteiger charge is 2.37. The quantitative estimate of drug-likeness (QED) is 0.518. The summed E-state index contributed by atoms with van der Waals surface area (Å²) in [7, 11) is -3.60. The molecule has 1 aromatic rings. The summed E-state index contributed by atoms with van der Waals surface area (Å²) in [6, 6.07) is 4.10. The highest BCUT2D eigenvalue weighted by atomic mass is 32.2. The fraction of sp³-hybridized carbons (Fsp3) is 0.636. The van der Waals surface area contributed by atoms with Crippen molar-refractivity contribution in [3.63, 3.8) is 0 Å². The molecule has 174 valence electrons. The third kappa shape index (κ3) is 5.64. The van der Waals surface area contributed by atoms with Crippen molar-refractivity contribution < 1.29 is 18.0 Å². The summed E-state index contributed by atoms with van der Waals surface area (Å²) < 4.78 is 27.1. The van der Waals surface area contributed by atoms with Gasteiger partial charge in [0.15, 0.2) is 0 Å². The molecule has 2 amide bonds. The number of amides is 2. The molecule has 1 N–H and O–H groups in total. The predicted molar refractivity (Wildman–Crippen MR) is 123 cm³/mol. The Bertz CT molecular complexity index is 879. The summed E-state index contributed by atoms with van der Waals surface area (Å²) in [6.07, 6.45) is 1.14. The number of hydrogen-bond acceptors (Lipinski definition) is 5. The van der Waals surface area contributed by atoms with Crippen LogP contribution in [0.3, 0.4) is 0 Å². The van der Waals surface area contributed by atoms with Crippen LogP contribution in [0.5, 0.6) is 0 Å². The Morgan fingerprint density at radius 1 is 1.10 bits per heavy atom. The zero-order valence-electron chi connectivity index (χ0n) is 19.3. The van der Waals surface area contributed by atoms with Gasteiger partial charge in [0, 0.05) is 38.7 Å². The first kappa shape index (κ1) is 25.3. The molecule has 1 aliphatic rings. The third-order valence-electron chi connectivity index (χ3n) is 5.87. The molecular weight excluding hydrogens is 416 g/mol. The number of carbonyl (C=O) groups is 2. The number of nitrogens with zero attached hydrogens (tertiary/aromatic N) is 3. The third-order valence-corrected chi connectivity index (χ3v) is 7.91. The Kier molecular flexibility index (Phi) is 9.02. The van der Waals surface area contributed by atoms with Crippen molar-refractivity contribution in [2.45, 2.75) is 58.4 Å². The first-order valence-corrected chi connectivity index (χ1v) is 12.6. The molecule has 0 radical (unpaired) electrons. The van der Waals surface area contributed by atoms with E-state index in [0.717, 1.165) is 26.1 Å². The molecule has 8 nitrogen and oxygen atoms in total. The molecule has 1 heterocycles. The summed E-state index contributed by atoms with van der Waals surface area (Å²) in [5, 5.41) is 2.94. The van der Waals surface area contributed by atoms with Gasteiger partial charge in [0.05, 0.1) is 4.90 Å². The number of fused-ring (bicyclic) bond motifs is 1. The van der Waals surface area contributed by atoms with Gasteiger partial charge in [-0.15, -0.1) is 0 Å². The zero-order chi connectivity index (χ0) is 23.2. The lowest BCUT2D eigenvalue weighted by molar-refractivity contribution is -0.125. The van der Waals surface area contributed by atoms with E-state index in [1.54, 1.807) is 26.0 Å². The number of benzene rings is 1. The molecule has 9 heteroatoms. The first-order valence-electron chi connectivity index (χ1n) is 11.1. The van der Waals surface area contributed by atoms with Gasteiger partial charge in [0.2, 0.25) is 21.8 Å². The van der Waals surface area contributed by atoms with E-state index in [-0.39, 0.29) is 16.7 Å². The molecule has 0 fully saturated rings. The number of carbonyl (C=O) groups excluding carboxylic acids is 2. The van der Waals surface area contributed by atoms with Gasteiger partial charge in [-0.25, -0.2) is 8.42 Å². The summed E-state index contributed by atoms with van der Waals surface area (Å²) >= 11 is 0. The lowest BCUT2D eigenvalue weighted by Crippen LogP contribution is -2.47. The van der Waals surface area contributed by atoms with Gasteiger partial charge in [-0.3, -0.25) is 14.5 Å². The van der Waals surface area contributed by atoms with Crippen molar-refractivity contribution >= 4 is 27.5 Å². The fourth-order valence-electron chi connectivity index (χ4n) is 4.07. The van der Waals surface area contributed by atoms with Crippen LogP contribution >= 0.6 is 0 Å². The van der Waals surface area contributed by atoms with Crippen LogP contribution < -0.4 is 10.2 Å². The Hall–Kier alpha value is -1.97. The average Bonchev–Trinajstić information content (AvgIpc) is 3.13. The molecule has 31 heavy (non-hydrogen) atoms. The highest BCUT2D eigenvalue weighted by Crippen LogP contribution is 2.34. The smallest absolute Gasteiger partial charge is 0.243 e. The number of rotatable bonds is 11. The van der Waals surface area contributed by atoms with Gasteiger partial charge in [-0.1, -0.05) is 27.7 Å². The van der Waals surface area contributed by atoms with Crippen molar-refractivity contribution in [2.24, 2.45) is 0 Å². The molecule has 0 saturated carbocycles. The molecule has 0 unspecified atom stereocenters. The zero-order valence-corrected chi connectivity index (χ0v) is 20.2. The normalized spacial score (nSPS) is 16.1. The molecule has 1 atom stereocenters. The molecule has 0 spiro atoms. The standard InChI is InChI=1S/C22H36N4O4S/c1-6-24(7-2)14-10-13-23-22(28)21-16-18-15-19(31(29,30)25(8-3)9-4)11-12-20(18)26(21)17(5)27/h11-12,15,21H,6-10,13-14,16H2,1-5H3,(H,23,28)/t21-/m0/s1. The number of nitrogens with one attached hydrogen (secondary N) is 1. The number of anilines is 1. The van der Waals surface area contributed by atoms with Crippen LogP contribution in [0, 0.1) is 0 Å². The van der Waals surface area contributed by atoms with E-state index >= 15 is 0 Å². The summed E-state index contributed by atoms with van der Waals surface area (Å²) in [6.45, 7) is 13.4. The fourth-order valence-corrected chi connectivity index (χ4v) is 5.58. The van der Waals surface area contributed by atoms with E-state index in [1.807, 2.05) is 0 Å². The van der Waals surface area contributed by atoms with Crippen molar-refractivity contribution in [1.29, 1.82) is 0 Å². The first-order chi connectivity index (χ1) is 14.7. The van der Waals surface area contributed by atoms with E-state index < -0.39 is 16.1 Å². The minimum Gasteiger partial charge on any atom is -0.354 e. The maximum Gasteiger partial charge on any atom is 0.243 e. The van der Waals surface area contributed by atoms with Crippen molar-refractivity contribution in [3.8, 4) is 0 Å². The van der Waals surface area contributed by atoms with Gasteiger partial charge in [-0.05, 0) is 49.8 Å². The van der Waals surface area contributed by atoms with Crippen molar-refractivity contribution in [3.05, 3.63) is 23.8 Å². The minimum atomic E-state index is -3.60. The second kappa shape index (κ2) is 11.1. The molecule has 1 aliphatic heterocycles. The van der Waals surface area contributed by atoms with Crippen LogP contribution in [0.25, 0.3) is 0 Å². The van der Waals surface area contributed by atoms with E-state index in [4.69, 9.17) is 0 Å². The van der Waals surface area contributed by atoms with Gasteiger partial charge in [0.25, 0.3) is 0 Å². The lowest BCUT2D eigenvalue weighted by atomic mass is 10.1. The molecule has 2 rings (SSSR count). The monoisotopic (exact) mass is 452 g/mol. The summed E-state index contributed by atoms with van der Waals surface area (Å²) in [5.74, 6) is -0.444.